The fourth-order valence-corrected chi connectivity index (χ4v) is 2.38. The molecular formula is C11H9NO3S. The lowest BCUT2D eigenvalue weighted by Crippen LogP contribution is -2.36. The van der Waals surface area contributed by atoms with Gasteiger partial charge in [0.05, 0.1) is 11.4 Å². The molecule has 1 amide bonds. The highest BCUT2D eigenvalue weighted by Gasteiger charge is 2.29. The van der Waals surface area contributed by atoms with Crippen LogP contribution in [0.25, 0.3) is 0 Å². The lowest BCUT2D eigenvalue weighted by Gasteiger charge is -2.28. The molecule has 1 aliphatic heterocycles. The van der Waals surface area contributed by atoms with Gasteiger partial charge in [0.15, 0.2) is 0 Å². The summed E-state index contributed by atoms with van der Waals surface area (Å²) in [7, 11) is 0. The van der Waals surface area contributed by atoms with Crippen LogP contribution < -0.4 is 4.90 Å². The van der Waals surface area contributed by atoms with Crippen LogP contribution in [-0.4, -0.2) is 22.7 Å². The molecule has 0 radical (unpaired) electrons. The van der Waals surface area contributed by atoms with E-state index in [0.29, 0.717) is 5.69 Å². The van der Waals surface area contributed by atoms with E-state index < -0.39 is 5.97 Å². The van der Waals surface area contributed by atoms with Crippen molar-refractivity contribution in [1.82, 2.24) is 0 Å². The molecule has 5 heteroatoms. The largest absolute Gasteiger partial charge is 0.477 e. The molecular weight excluding hydrogens is 226 g/mol. The Morgan fingerprint density at radius 1 is 1.44 bits per heavy atom. The summed E-state index contributed by atoms with van der Waals surface area (Å²) < 4.78 is 0. The zero-order valence-corrected chi connectivity index (χ0v) is 9.16. The molecule has 2 rings (SSSR count). The second-order valence-corrected chi connectivity index (χ2v) is 4.25. The second kappa shape index (κ2) is 4.02. The molecule has 82 valence electrons. The number of rotatable bonds is 2. The highest BCUT2D eigenvalue weighted by Crippen LogP contribution is 2.36. The van der Waals surface area contributed by atoms with Gasteiger partial charge >= 0.3 is 5.97 Å². The van der Waals surface area contributed by atoms with Gasteiger partial charge in [-0.2, -0.15) is 0 Å². The van der Waals surface area contributed by atoms with Crippen LogP contribution in [0, 0.1) is 0 Å². The van der Waals surface area contributed by atoms with Gasteiger partial charge in [0.25, 0.3) is 0 Å². The quantitative estimate of drug-likeness (QED) is 0.793. The number of anilines is 1. The number of carboxylic acid groups (broad SMARTS) is 1. The van der Waals surface area contributed by atoms with Crippen molar-refractivity contribution in [2.45, 2.75) is 4.90 Å². The number of carboxylic acids is 1. The van der Waals surface area contributed by atoms with E-state index in [9.17, 15) is 9.59 Å². The number of hydrogen-bond acceptors (Lipinski definition) is 3. The summed E-state index contributed by atoms with van der Waals surface area (Å²) in [6, 6.07) is 7.19. The number of carbonyl (C=O) groups is 2. The van der Waals surface area contributed by atoms with Gasteiger partial charge in [0, 0.05) is 4.90 Å². The van der Waals surface area contributed by atoms with Crippen LogP contribution >= 0.6 is 11.8 Å². The Labute approximate surface area is 96.6 Å². The minimum atomic E-state index is -1.19. The predicted octanol–water partition coefficient (Wildman–Crippen LogP) is 1.72. The van der Waals surface area contributed by atoms with Gasteiger partial charge in [0.1, 0.15) is 5.70 Å². The van der Waals surface area contributed by atoms with E-state index in [-0.39, 0.29) is 17.4 Å². The second-order valence-electron chi connectivity index (χ2n) is 3.24. The molecule has 0 saturated carbocycles. The minimum Gasteiger partial charge on any atom is -0.477 e. The predicted molar refractivity (Wildman–Crippen MR) is 61.4 cm³/mol. The van der Waals surface area contributed by atoms with Crippen molar-refractivity contribution in [3.63, 3.8) is 0 Å². The van der Waals surface area contributed by atoms with E-state index in [1.54, 1.807) is 12.1 Å². The Hall–Kier alpha value is -1.75. The monoisotopic (exact) mass is 235 g/mol. The van der Waals surface area contributed by atoms with E-state index in [1.165, 1.54) is 11.8 Å². The molecule has 16 heavy (non-hydrogen) atoms. The van der Waals surface area contributed by atoms with Crippen LogP contribution in [-0.2, 0) is 9.59 Å². The summed E-state index contributed by atoms with van der Waals surface area (Å²) in [5.41, 5.74) is 0.383. The smallest absolute Gasteiger partial charge is 0.352 e. The van der Waals surface area contributed by atoms with Gasteiger partial charge in [-0.05, 0) is 12.1 Å². The first kappa shape index (κ1) is 10.8. The average molecular weight is 235 g/mol. The number of hydrogen-bond donors (Lipinski definition) is 1. The lowest BCUT2D eigenvalue weighted by molar-refractivity contribution is -0.133. The minimum absolute atomic E-state index is 0.210. The number of para-hydroxylation sites is 1. The molecule has 1 aliphatic rings. The number of amides is 1. The zero-order chi connectivity index (χ0) is 11.7. The first-order valence-corrected chi connectivity index (χ1v) is 5.57. The van der Waals surface area contributed by atoms with Crippen molar-refractivity contribution in [3.8, 4) is 0 Å². The molecule has 0 spiro atoms. The Morgan fingerprint density at radius 3 is 2.81 bits per heavy atom. The number of thioether (sulfide) groups is 1. The number of nitrogens with zero attached hydrogens (tertiary/aromatic N) is 1. The average Bonchev–Trinajstić information content (AvgIpc) is 2.28. The molecule has 0 atom stereocenters. The van der Waals surface area contributed by atoms with E-state index in [4.69, 9.17) is 5.11 Å². The Bertz CT molecular complexity index is 484. The zero-order valence-electron chi connectivity index (χ0n) is 8.34. The van der Waals surface area contributed by atoms with Gasteiger partial charge in [-0.1, -0.05) is 18.7 Å². The highest BCUT2D eigenvalue weighted by atomic mass is 32.2. The third kappa shape index (κ3) is 1.69. The third-order valence-corrected chi connectivity index (χ3v) is 3.27. The van der Waals surface area contributed by atoms with Gasteiger partial charge in [0.2, 0.25) is 5.91 Å². The van der Waals surface area contributed by atoms with Crippen LogP contribution in [0.1, 0.15) is 0 Å². The van der Waals surface area contributed by atoms with Crippen molar-refractivity contribution in [3.05, 3.63) is 36.5 Å². The Morgan fingerprint density at radius 2 is 2.12 bits per heavy atom. The van der Waals surface area contributed by atoms with E-state index in [0.717, 1.165) is 9.80 Å². The van der Waals surface area contributed by atoms with Gasteiger partial charge < -0.3 is 5.11 Å². The topological polar surface area (TPSA) is 57.6 Å². The van der Waals surface area contributed by atoms with Crippen LogP contribution in [0.15, 0.2) is 41.4 Å². The van der Waals surface area contributed by atoms with Gasteiger partial charge in [-0.25, -0.2) is 4.79 Å². The Balaban J connectivity index is 2.49. The van der Waals surface area contributed by atoms with E-state index >= 15 is 0 Å². The van der Waals surface area contributed by atoms with E-state index in [1.807, 2.05) is 12.1 Å². The molecule has 0 saturated heterocycles. The summed E-state index contributed by atoms with van der Waals surface area (Å²) >= 11 is 1.40. The molecule has 0 aliphatic carbocycles. The number of benzene rings is 1. The molecule has 4 nitrogen and oxygen atoms in total. The normalized spacial score (nSPS) is 14.5. The van der Waals surface area contributed by atoms with Crippen LogP contribution in [0.3, 0.4) is 0 Å². The van der Waals surface area contributed by atoms with Crippen molar-refractivity contribution < 1.29 is 14.7 Å². The first-order chi connectivity index (χ1) is 7.61. The van der Waals surface area contributed by atoms with Crippen LogP contribution in [0.2, 0.25) is 0 Å². The van der Waals surface area contributed by atoms with Crippen LogP contribution in [0.4, 0.5) is 5.69 Å². The van der Waals surface area contributed by atoms with Crippen LogP contribution in [0.5, 0.6) is 0 Å². The molecule has 0 fully saturated rings. The third-order valence-electron chi connectivity index (χ3n) is 2.22. The SMILES string of the molecule is C=C(C(=O)O)N1C(=O)CSc2ccccc21. The van der Waals surface area contributed by atoms with Crippen molar-refractivity contribution in [1.29, 1.82) is 0 Å². The van der Waals surface area contributed by atoms with Gasteiger partial charge in [-0.15, -0.1) is 11.8 Å². The standard InChI is InChI=1S/C11H9NO3S/c1-7(11(14)15)12-8-4-2-3-5-9(8)16-6-10(12)13/h2-5H,1,6H2,(H,14,15). The summed E-state index contributed by atoms with van der Waals surface area (Å²) in [6.45, 7) is 3.42. The van der Waals surface area contributed by atoms with E-state index in [2.05, 4.69) is 6.58 Å². The molecule has 1 N–H and O–H groups in total. The van der Waals surface area contributed by atoms with Crippen molar-refractivity contribution in [2.75, 3.05) is 10.7 Å². The maximum absolute atomic E-state index is 11.7. The molecule has 1 aromatic rings. The molecule has 1 heterocycles. The molecule has 0 aromatic heterocycles. The summed E-state index contributed by atoms with van der Waals surface area (Å²) in [6.07, 6.45) is 0. The summed E-state index contributed by atoms with van der Waals surface area (Å²) in [5.74, 6) is -1.20. The number of fused-ring (bicyclic) bond motifs is 1. The maximum Gasteiger partial charge on any atom is 0.352 e. The summed E-state index contributed by atoms with van der Waals surface area (Å²) in [5, 5.41) is 8.88. The number of aliphatic carboxylic acids is 1. The lowest BCUT2D eigenvalue weighted by atomic mass is 10.2. The number of carbonyl (C=O) groups excluding carboxylic acids is 1. The van der Waals surface area contributed by atoms with Gasteiger partial charge in [-0.3, -0.25) is 9.69 Å². The fraction of sp³-hybridized carbons (Fsp3) is 0.0909. The Kier molecular flexibility index (Phi) is 2.70. The maximum atomic E-state index is 11.7. The molecule has 0 bridgehead atoms. The molecule has 0 unspecified atom stereocenters. The first-order valence-electron chi connectivity index (χ1n) is 4.58. The molecule has 1 aromatic carbocycles. The fourth-order valence-electron chi connectivity index (χ4n) is 1.49. The van der Waals surface area contributed by atoms with Crippen molar-refractivity contribution in [2.24, 2.45) is 0 Å². The summed E-state index contributed by atoms with van der Waals surface area (Å²) in [4.78, 5) is 24.6. The highest BCUT2D eigenvalue weighted by molar-refractivity contribution is 8.00. The van der Waals surface area contributed by atoms with Crippen molar-refractivity contribution >= 4 is 29.3 Å².